The first kappa shape index (κ1) is 21.4. The molecule has 1 aromatic rings. The maximum atomic E-state index is 12.2. The molecular formula is C20H30N2O4S. The molecule has 1 aliphatic rings. The molecule has 1 aliphatic carbocycles. The Balaban J connectivity index is 1.77. The molecule has 0 heterocycles. The molecule has 7 heteroatoms. The van der Waals surface area contributed by atoms with Crippen LogP contribution >= 0.6 is 0 Å². The fourth-order valence-electron chi connectivity index (χ4n) is 3.64. The van der Waals surface area contributed by atoms with Gasteiger partial charge in [0.2, 0.25) is 11.8 Å². The highest BCUT2D eigenvalue weighted by atomic mass is 32.2. The SMILES string of the molecule is Cc1cc(C)c(NC(=O)CCCS(=O)(=O)CC(=O)NC2CCCC2)c(C)c1. The number of aryl methyl sites for hydroxylation is 3. The van der Waals surface area contributed by atoms with Gasteiger partial charge in [-0.2, -0.15) is 0 Å². The molecule has 2 rings (SSSR count). The molecule has 0 spiro atoms. The van der Waals surface area contributed by atoms with Crippen LogP contribution in [0.1, 0.15) is 55.2 Å². The topological polar surface area (TPSA) is 92.3 Å². The highest BCUT2D eigenvalue weighted by Crippen LogP contribution is 2.22. The lowest BCUT2D eigenvalue weighted by Crippen LogP contribution is -2.37. The van der Waals surface area contributed by atoms with Crippen LogP contribution in [0.15, 0.2) is 12.1 Å². The van der Waals surface area contributed by atoms with Crippen molar-refractivity contribution in [1.82, 2.24) is 5.32 Å². The molecule has 0 aliphatic heterocycles. The minimum Gasteiger partial charge on any atom is -0.352 e. The van der Waals surface area contributed by atoms with Gasteiger partial charge >= 0.3 is 0 Å². The van der Waals surface area contributed by atoms with Crippen LogP contribution in [-0.4, -0.2) is 37.8 Å². The number of hydrogen-bond donors (Lipinski definition) is 2. The molecule has 0 aromatic heterocycles. The maximum Gasteiger partial charge on any atom is 0.235 e. The number of nitrogens with one attached hydrogen (secondary N) is 2. The summed E-state index contributed by atoms with van der Waals surface area (Å²) in [4.78, 5) is 24.0. The summed E-state index contributed by atoms with van der Waals surface area (Å²) in [7, 11) is -3.50. The van der Waals surface area contributed by atoms with Crippen molar-refractivity contribution >= 4 is 27.3 Å². The van der Waals surface area contributed by atoms with E-state index in [1.54, 1.807) is 0 Å². The third-order valence-electron chi connectivity index (χ3n) is 4.87. The van der Waals surface area contributed by atoms with Gasteiger partial charge in [0, 0.05) is 18.2 Å². The molecule has 0 saturated heterocycles. The quantitative estimate of drug-likeness (QED) is 0.709. The van der Waals surface area contributed by atoms with Gasteiger partial charge in [-0.15, -0.1) is 0 Å². The van der Waals surface area contributed by atoms with Crippen LogP contribution in [0.5, 0.6) is 0 Å². The summed E-state index contributed by atoms with van der Waals surface area (Å²) >= 11 is 0. The Morgan fingerprint density at radius 2 is 1.63 bits per heavy atom. The second kappa shape index (κ2) is 9.35. The second-order valence-corrected chi connectivity index (χ2v) is 9.75. The molecular weight excluding hydrogens is 364 g/mol. The highest BCUT2D eigenvalue weighted by molar-refractivity contribution is 7.92. The van der Waals surface area contributed by atoms with E-state index in [1.165, 1.54) is 0 Å². The van der Waals surface area contributed by atoms with E-state index >= 15 is 0 Å². The van der Waals surface area contributed by atoms with Crippen LogP contribution < -0.4 is 10.6 Å². The van der Waals surface area contributed by atoms with E-state index in [4.69, 9.17) is 0 Å². The Kier molecular flexibility index (Phi) is 7.41. The first-order valence-electron chi connectivity index (χ1n) is 9.54. The van der Waals surface area contributed by atoms with E-state index in [-0.39, 0.29) is 30.5 Å². The first-order valence-corrected chi connectivity index (χ1v) is 11.4. The monoisotopic (exact) mass is 394 g/mol. The molecule has 27 heavy (non-hydrogen) atoms. The average Bonchev–Trinajstić information content (AvgIpc) is 3.02. The van der Waals surface area contributed by atoms with Gasteiger partial charge in [-0.1, -0.05) is 30.5 Å². The van der Waals surface area contributed by atoms with Crippen molar-refractivity contribution in [3.63, 3.8) is 0 Å². The fraction of sp³-hybridized carbons (Fsp3) is 0.600. The molecule has 1 saturated carbocycles. The number of carbonyl (C=O) groups is 2. The van der Waals surface area contributed by atoms with E-state index < -0.39 is 21.5 Å². The van der Waals surface area contributed by atoms with Gasteiger partial charge < -0.3 is 10.6 Å². The molecule has 0 atom stereocenters. The van der Waals surface area contributed by atoms with Crippen LogP contribution in [-0.2, 0) is 19.4 Å². The third kappa shape index (κ3) is 6.97. The average molecular weight is 395 g/mol. The molecule has 1 fully saturated rings. The summed E-state index contributed by atoms with van der Waals surface area (Å²) in [6, 6.07) is 4.10. The van der Waals surface area contributed by atoms with E-state index in [0.717, 1.165) is 48.1 Å². The molecule has 2 amide bonds. The van der Waals surface area contributed by atoms with Crippen molar-refractivity contribution in [1.29, 1.82) is 0 Å². The van der Waals surface area contributed by atoms with E-state index in [0.29, 0.717) is 0 Å². The standard InChI is InChI=1S/C20H30N2O4S/c1-14-11-15(2)20(16(3)12-14)22-18(23)9-6-10-27(25,26)13-19(24)21-17-7-4-5-8-17/h11-12,17H,4-10,13H2,1-3H3,(H,21,24)(H,22,23). The second-order valence-electron chi connectivity index (χ2n) is 7.57. The number of anilines is 1. The van der Waals surface area contributed by atoms with E-state index in [1.807, 2.05) is 32.9 Å². The van der Waals surface area contributed by atoms with Gasteiger partial charge in [0.05, 0.1) is 5.75 Å². The summed E-state index contributed by atoms with van der Waals surface area (Å²) in [6.45, 7) is 5.87. The Bertz CT molecular complexity index is 773. The number of carbonyl (C=O) groups excluding carboxylic acids is 2. The maximum absolute atomic E-state index is 12.2. The van der Waals surface area contributed by atoms with Crippen molar-refractivity contribution in [3.05, 3.63) is 28.8 Å². The predicted molar refractivity (Wildman–Crippen MR) is 108 cm³/mol. The lowest BCUT2D eigenvalue weighted by atomic mass is 10.0. The molecule has 0 radical (unpaired) electrons. The summed E-state index contributed by atoms with van der Waals surface area (Å²) in [6.07, 6.45) is 4.30. The molecule has 2 N–H and O–H groups in total. The summed E-state index contributed by atoms with van der Waals surface area (Å²) in [5.74, 6) is -1.31. The van der Waals surface area contributed by atoms with Gasteiger partial charge in [0.25, 0.3) is 0 Å². The molecule has 0 unspecified atom stereocenters. The minimum absolute atomic E-state index is 0.107. The summed E-state index contributed by atoms with van der Waals surface area (Å²) in [5.41, 5.74) is 3.88. The van der Waals surface area contributed by atoms with Crippen molar-refractivity contribution in [2.45, 2.75) is 65.3 Å². The van der Waals surface area contributed by atoms with Crippen LogP contribution in [0.25, 0.3) is 0 Å². The summed E-state index contributed by atoms with van der Waals surface area (Å²) in [5, 5.41) is 5.65. The largest absolute Gasteiger partial charge is 0.352 e. The number of sulfone groups is 1. The van der Waals surface area contributed by atoms with Gasteiger partial charge in [-0.25, -0.2) is 8.42 Å². The van der Waals surface area contributed by atoms with Gasteiger partial charge in [0.15, 0.2) is 9.84 Å². The zero-order chi connectivity index (χ0) is 20.0. The zero-order valence-electron chi connectivity index (χ0n) is 16.4. The smallest absolute Gasteiger partial charge is 0.235 e. The zero-order valence-corrected chi connectivity index (χ0v) is 17.2. The first-order chi connectivity index (χ1) is 12.7. The lowest BCUT2D eigenvalue weighted by molar-refractivity contribution is -0.119. The molecule has 6 nitrogen and oxygen atoms in total. The molecule has 150 valence electrons. The van der Waals surface area contributed by atoms with Crippen molar-refractivity contribution in [2.75, 3.05) is 16.8 Å². The van der Waals surface area contributed by atoms with E-state index in [9.17, 15) is 18.0 Å². The number of amides is 2. The van der Waals surface area contributed by atoms with Crippen molar-refractivity contribution in [2.24, 2.45) is 0 Å². The van der Waals surface area contributed by atoms with Crippen LogP contribution in [0.4, 0.5) is 5.69 Å². The summed E-state index contributed by atoms with van der Waals surface area (Å²) < 4.78 is 24.2. The number of benzene rings is 1. The predicted octanol–water partition coefficient (Wildman–Crippen LogP) is 2.80. The van der Waals surface area contributed by atoms with Crippen molar-refractivity contribution < 1.29 is 18.0 Å². The van der Waals surface area contributed by atoms with Crippen molar-refractivity contribution in [3.8, 4) is 0 Å². The van der Waals surface area contributed by atoms with Gasteiger partial charge in [-0.05, 0) is 51.2 Å². The van der Waals surface area contributed by atoms with Crippen LogP contribution in [0.3, 0.4) is 0 Å². The molecule has 1 aromatic carbocycles. The Morgan fingerprint density at radius 3 is 2.22 bits per heavy atom. The molecule has 0 bridgehead atoms. The normalized spacial score (nSPS) is 14.9. The van der Waals surface area contributed by atoms with E-state index in [2.05, 4.69) is 10.6 Å². The Morgan fingerprint density at radius 1 is 1.04 bits per heavy atom. The minimum atomic E-state index is -3.50. The fourth-order valence-corrected chi connectivity index (χ4v) is 4.85. The number of hydrogen-bond acceptors (Lipinski definition) is 4. The number of rotatable bonds is 8. The van der Waals surface area contributed by atoms with Gasteiger partial charge in [0.1, 0.15) is 5.75 Å². The van der Waals surface area contributed by atoms with Gasteiger partial charge in [-0.3, -0.25) is 9.59 Å². The Labute approximate surface area is 162 Å². The third-order valence-corrected chi connectivity index (χ3v) is 6.48. The Hall–Kier alpha value is -1.89. The highest BCUT2D eigenvalue weighted by Gasteiger charge is 2.21. The van der Waals surface area contributed by atoms with Crippen LogP contribution in [0, 0.1) is 20.8 Å². The lowest BCUT2D eigenvalue weighted by Gasteiger charge is -2.13. The van der Waals surface area contributed by atoms with Crippen LogP contribution in [0.2, 0.25) is 0 Å².